The van der Waals surface area contributed by atoms with Crippen molar-refractivity contribution in [2.24, 2.45) is 7.05 Å². The van der Waals surface area contributed by atoms with Crippen LogP contribution < -0.4 is 0 Å². The third-order valence-corrected chi connectivity index (χ3v) is 2.56. The fourth-order valence-corrected chi connectivity index (χ4v) is 1.86. The average molecular weight is 224 g/mol. The van der Waals surface area contributed by atoms with Crippen LogP contribution in [0.25, 0.3) is 0 Å². The topological polar surface area (TPSA) is 68.3 Å². The second-order valence-electron chi connectivity index (χ2n) is 2.88. The molecule has 0 amide bonds. The number of rotatable bonds is 3. The van der Waals surface area contributed by atoms with E-state index in [2.05, 4.69) is 5.10 Å². The van der Waals surface area contributed by atoms with Crippen molar-refractivity contribution in [3.05, 3.63) is 30.3 Å². The predicted octanol–water partition coefficient (Wildman–Crippen LogP) is 1.86. The predicted molar refractivity (Wildman–Crippen MR) is 53.0 cm³/mol. The van der Waals surface area contributed by atoms with Crippen LogP contribution in [0.5, 0.6) is 0 Å². The van der Waals surface area contributed by atoms with E-state index in [1.165, 1.54) is 17.8 Å². The molecule has 0 fully saturated rings. The fourth-order valence-electron chi connectivity index (χ4n) is 1.06. The van der Waals surface area contributed by atoms with Crippen LogP contribution in [-0.2, 0) is 7.05 Å². The molecule has 0 aliphatic carbocycles. The van der Waals surface area contributed by atoms with E-state index in [0.29, 0.717) is 5.09 Å². The van der Waals surface area contributed by atoms with Gasteiger partial charge < -0.3 is 9.52 Å². The monoisotopic (exact) mass is 224 g/mol. The van der Waals surface area contributed by atoms with Crippen LogP contribution in [0.15, 0.2) is 38.9 Å². The SMILES string of the molecule is Cn1cc(Sc2ccc(C(=O)O)o2)cn1. The number of hydrogen-bond acceptors (Lipinski definition) is 4. The van der Waals surface area contributed by atoms with Gasteiger partial charge in [-0.1, -0.05) is 0 Å². The van der Waals surface area contributed by atoms with E-state index in [-0.39, 0.29) is 5.76 Å². The van der Waals surface area contributed by atoms with Gasteiger partial charge in [-0.05, 0) is 23.9 Å². The number of furan rings is 1. The molecule has 0 spiro atoms. The van der Waals surface area contributed by atoms with Gasteiger partial charge in [0.1, 0.15) is 0 Å². The number of carboxylic acid groups (broad SMARTS) is 1. The molecule has 2 heterocycles. The highest BCUT2D eigenvalue weighted by Crippen LogP contribution is 2.28. The fraction of sp³-hybridized carbons (Fsp3) is 0.111. The summed E-state index contributed by atoms with van der Waals surface area (Å²) in [5.74, 6) is -1.12. The van der Waals surface area contributed by atoms with Gasteiger partial charge in [0.2, 0.25) is 5.76 Å². The molecule has 0 bridgehead atoms. The third-order valence-electron chi connectivity index (χ3n) is 1.69. The highest BCUT2D eigenvalue weighted by Gasteiger charge is 2.10. The van der Waals surface area contributed by atoms with Gasteiger partial charge in [-0.15, -0.1) is 0 Å². The Bertz CT molecular complexity index is 489. The Morgan fingerprint density at radius 1 is 1.60 bits per heavy atom. The van der Waals surface area contributed by atoms with Gasteiger partial charge in [0.25, 0.3) is 0 Å². The Kier molecular flexibility index (Phi) is 2.51. The van der Waals surface area contributed by atoms with Gasteiger partial charge in [-0.2, -0.15) is 5.10 Å². The molecule has 15 heavy (non-hydrogen) atoms. The molecule has 2 rings (SSSR count). The molecule has 78 valence electrons. The summed E-state index contributed by atoms with van der Waals surface area (Å²) in [6, 6.07) is 3.06. The normalized spacial score (nSPS) is 10.5. The van der Waals surface area contributed by atoms with Crippen LogP contribution in [0.1, 0.15) is 10.6 Å². The summed E-state index contributed by atoms with van der Waals surface area (Å²) in [6.45, 7) is 0. The Hall–Kier alpha value is -1.69. The zero-order valence-corrected chi connectivity index (χ0v) is 8.69. The quantitative estimate of drug-likeness (QED) is 0.861. The molecule has 0 saturated heterocycles. The van der Waals surface area contributed by atoms with E-state index < -0.39 is 5.97 Å². The van der Waals surface area contributed by atoms with Gasteiger partial charge in [0.05, 0.1) is 11.1 Å². The summed E-state index contributed by atoms with van der Waals surface area (Å²) >= 11 is 1.33. The molecule has 6 heteroatoms. The van der Waals surface area contributed by atoms with E-state index in [1.54, 1.807) is 16.9 Å². The minimum atomic E-state index is -1.06. The van der Waals surface area contributed by atoms with Gasteiger partial charge in [0.15, 0.2) is 5.09 Å². The van der Waals surface area contributed by atoms with Crippen LogP contribution in [0.4, 0.5) is 0 Å². The third kappa shape index (κ3) is 2.21. The van der Waals surface area contributed by atoms with Crippen LogP contribution in [0.3, 0.4) is 0 Å². The number of hydrogen-bond donors (Lipinski definition) is 1. The minimum absolute atomic E-state index is 0.0543. The maximum atomic E-state index is 10.6. The molecule has 0 aromatic carbocycles. The van der Waals surface area contributed by atoms with Crippen LogP contribution in [0, 0.1) is 0 Å². The van der Waals surface area contributed by atoms with Crippen LogP contribution >= 0.6 is 11.8 Å². The standard InChI is InChI=1S/C9H8N2O3S/c1-11-5-6(4-10-11)15-8-3-2-7(14-8)9(12)13/h2-5H,1H3,(H,12,13). The Balaban J connectivity index is 2.14. The van der Waals surface area contributed by atoms with E-state index >= 15 is 0 Å². The second-order valence-corrected chi connectivity index (χ2v) is 3.95. The zero-order valence-electron chi connectivity index (χ0n) is 7.88. The first kappa shape index (κ1) is 9.85. The van der Waals surface area contributed by atoms with Crippen molar-refractivity contribution in [1.82, 2.24) is 9.78 Å². The smallest absolute Gasteiger partial charge is 0.371 e. The number of aryl methyl sites for hydroxylation is 1. The summed E-state index contributed by atoms with van der Waals surface area (Å²) in [4.78, 5) is 11.5. The number of carbonyl (C=O) groups is 1. The minimum Gasteiger partial charge on any atom is -0.475 e. The highest BCUT2D eigenvalue weighted by atomic mass is 32.2. The van der Waals surface area contributed by atoms with E-state index in [0.717, 1.165) is 4.90 Å². The summed E-state index contributed by atoms with van der Waals surface area (Å²) in [5.41, 5.74) is 0. The summed E-state index contributed by atoms with van der Waals surface area (Å²) in [5, 5.41) is 13.2. The largest absolute Gasteiger partial charge is 0.475 e. The zero-order chi connectivity index (χ0) is 10.8. The number of aromatic nitrogens is 2. The van der Waals surface area contributed by atoms with Crippen molar-refractivity contribution in [2.45, 2.75) is 9.99 Å². The number of nitrogens with zero attached hydrogens (tertiary/aromatic N) is 2. The highest BCUT2D eigenvalue weighted by molar-refractivity contribution is 7.99. The van der Waals surface area contributed by atoms with Gasteiger partial charge in [-0.3, -0.25) is 4.68 Å². The number of aromatic carboxylic acids is 1. The van der Waals surface area contributed by atoms with Gasteiger partial charge >= 0.3 is 5.97 Å². The Morgan fingerprint density at radius 3 is 2.93 bits per heavy atom. The molecule has 0 radical (unpaired) electrons. The Morgan fingerprint density at radius 2 is 2.40 bits per heavy atom. The van der Waals surface area contributed by atoms with E-state index in [9.17, 15) is 4.79 Å². The molecule has 5 nitrogen and oxygen atoms in total. The lowest BCUT2D eigenvalue weighted by Crippen LogP contribution is -1.91. The van der Waals surface area contributed by atoms with Crippen molar-refractivity contribution in [1.29, 1.82) is 0 Å². The van der Waals surface area contributed by atoms with Crippen LogP contribution in [0.2, 0.25) is 0 Å². The molecular weight excluding hydrogens is 216 g/mol. The lowest BCUT2D eigenvalue weighted by molar-refractivity contribution is 0.0656. The second kappa shape index (κ2) is 3.82. The molecule has 1 N–H and O–H groups in total. The molecule has 0 unspecified atom stereocenters. The van der Waals surface area contributed by atoms with Crippen molar-refractivity contribution >= 4 is 17.7 Å². The van der Waals surface area contributed by atoms with E-state index in [1.807, 2.05) is 13.2 Å². The number of carboxylic acids is 1. The first-order chi connectivity index (χ1) is 7.15. The lowest BCUT2D eigenvalue weighted by Gasteiger charge is -1.91. The van der Waals surface area contributed by atoms with Crippen molar-refractivity contribution in [3.63, 3.8) is 0 Å². The van der Waals surface area contributed by atoms with Gasteiger partial charge in [-0.25, -0.2) is 4.79 Å². The summed E-state index contributed by atoms with van der Waals surface area (Å²) in [7, 11) is 1.81. The first-order valence-electron chi connectivity index (χ1n) is 4.15. The van der Waals surface area contributed by atoms with Crippen molar-refractivity contribution in [2.75, 3.05) is 0 Å². The molecule has 0 aliphatic heterocycles. The Labute approximate surface area is 89.7 Å². The molecular formula is C9H8N2O3S. The summed E-state index contributed by atoms with van der Waals surface area (Å²) < 4.78 is 6.75. The van der Waals surface area contributed by atoms with Crippen molar-refractivity contribution < 1.29 is 14.3 Å². The maximum Gasteiger partial charge on any atom is 0.371 e. The van der Waals surface area contributed by atoms with Gasteiger partial charge in [0, 0.05) is 13.2 Å². The molecule has 0 saturated carbocycles. The molecule has 0 aliphatic rings. The molecule has 2 aromatic rings. The van der Waals surface area contributed by atoms with Crippen molar-refractivity contribution in [3.8, 4) is 0 Å². The first-order valence-corrected chi connectivity index (χ1v) is 4.96. The maximum absolute atomic E-state index is 10.6. The average Bonchev–Trinajstić information content (AvgIpc) is 2.76. The molecule has 0 atom stereocenters. The van der Waals surface area contributed by atoms with Crippen LogP contribution in [-0.4, -0.2) is 20.9 Å². The van der Waals surface area contributed by atoms with E-state index in [4.69, 9.17) is 9.52 Å². The lowest BCUT2D eigenvalue weighted by atomic mass is 10.5. The molecule has 2 aromatic heterocycles. The summed E-state index contributed by atoms with van der Waals surface area (Å²) in [6.07, 6.45) is 3.52.